The molecule has 0 N–H and O–H groups in total. The first kappa shape index (κ1) is 16.3. The van der Waals surface area contributed by atoms with Crippen molar-refractivity contribution in [1.29, 1.82) is 0 Å². The Bertz CT molecular complexity index is 519. The fraction of sp³-hybridized carbons (Fsp3) is 0.667. The molecule has 0 spiro atoms. The van der Waals surface area contributed by atoms with Crippen LogP contribution in [0.3, 0.4) is 0 Å². The molecular formula is C15H26N6O. The van der Waals surface area contributed by atoms with E-state index in [1.807, 2.05) is 37.0 Å². The van der Waals surface area contributed by atoms with Crippen LogP contribution in [0.4, 0.5) is 16.6 Å². The van der Waals surface area contributed by atoms with Crippen molar-refractivity contribution >= 4 is 17.8 Å². The van der Waals surface area contributed by atoms with Gasteiger partial charge in [0.2, 0.25) is 5.95 Å². The van der Waals surface area contributed by atoms with Crippen LogP contribution in [0.1, 0.15) is 12.8 Å². The smallest absolute Gasteiger partial charge is 0.319 e. The van der Waals surface area contributed by atoms with Gasteiger partial charge < -0.3 is 19.6 Å². The van der Waals surface area contributed by atoms with Crippen molar-refractivity contribution < 1.29 is 4.79 Å². The Kier molecular flexibility index (Phi) is 5.05. The Balaban J connectivity index is 2.10. The fourth-order valence-corrected chi connectivity index (χ4v) is 2.66. The number of rotatable bonds is 3. The molecule has 1 fully saturated rings. The molecule has 1 aliphatic heterocycles. The second-order valence-corrected chi connectivity index (χ2v) is 6.14. The van der Waals surface area contributed by atoms with Crippen molar-refractivity contribution in [2.75, 3.05) is 58.1 Å². The summed E-state index contributed by atoms with van der Waals surface area (Å²) in [4.78, 5) is 28.7. The van der Waals surface area contributed by atoms with Crippen molar-refractivity contribution in [3.8, 4) is 0 Å². The van der Waals surface area contributed by atoms with Crippen molar-refractivity contribution in [2.24, 2.45) is 0 Å². The minimum Gasteiger partial charge on any atom is -0.363 e. The molecule has 0 bridgehead atoms. The van der Waals surface area contributed by atoms with Crippen LogP contribution in [0.5, 0.6) is 0 Å². The average molecular weight is 306 g/mol. The van der Waals surface area contributed by atoms with Gasteiger partial charge in [0.05, 0.1) is 6.04 Å². The zero-order valence-corrected chi connectivity index (χ0v) is 14.2. The predicted molar refractivity (Wildman–Crippen MR) is 88.4 cm³/mol. The van der Waals surface area contributed by atoms with Gasteiger partial charge in [-0.3, -0.25) is 0 Å². The van der Waals surface area contributed by atoms with Gasteiger partial charge in [-0.05, 0) is 18.9 Å². The van der Waals surface area contributed by atoms with Crippen LogP contribution in [-0.2, 0) is 0 Å². The maximum Gasteiger partial charge on any atom is 0.319 e. The summed E-state index contributed by atoms with van der Waals surface area (Å²) in [6.45, 7) is 1.70. The summed E-state index contributed by atoms with van der Waals surface area (Å²) in [7, 11) is 9.36. The highest BCUT2D eigenvalue weighted by Crippen LogP contribution is 2.21. The zero-order chi connectivity index (χ0) is 16.3. The molecule has 7 nitrogen and oxygen atoms in total. The maximum absolute atomic E-state index is 12.1. The predicted octanol–water partition coefficient (Wildman–Crippen LogP) is 1.12. The molecule has 0 aromatic carbocycles. The Labute approximate surface area is 132 Å². The maximum atomic E-state index is 12.1. The molecule has 122 valence electrons. The number of carbonyl (C=O) groups is 1. The number of carbonyl (C=O) groups excluding carboxylic acids is 1. The molecule has 0 aliphatic carbocycles. The molecule has 1 aliphatic rings. The summed E-state index contributed by atoms with van der Waals surface area (Å²) < 4.78 is 0. The van der Waals surface area contributed by atoms with Gasteiger partial charge in [0, 0.05) is 54.5 Å². The van der Waals surface area contributed by atoms with Gasteiger partial charge in [0.1, 0.15) is 5.82 Å². The number of aromatic nitrogens is 2. The van der Waals surface area contributed by atoms with E-state index in [4.69, 9.17) is 0 Å². The Morgan fingerprint density at radius 1 is 1.27 bits per heavy atom. The van der Waals surface area contributed by atoms with E-state index >= 15 is 0 Å². The van der Waals surface area contributed by atoms with Gasteiger partial charge in [0.25, 0.3) is 0 Å². The summed E-state index contributed by atoms with van der Waals surface area (Å²) in [6, 6.07) is 2.12. The molecule has 1 atom stereocenters. The summed E-state index contributed by atoms with van der Waals surface area (Å²) in [5.41, 5.74) is 0. The summed E-state index contributed by atoms with van der Waals surface area (Å²) in [5, 5.41) is 0. The van der Waals surface area contributed by atoms with E-state index in [1.165, 1.54) is 0 Å². The molecule has 2 heterocycles. The highest BCUT2D eigenvalue weighted by atomic mass is 16.2. The van der Waals surface area contributed by atoms with Crippen molar-refractivity contribution in [3.63, 3.8) is 0 Å². The van der Waals surface area contributed by atoms with Crippen LogP contribution in [0.25, 0.3) is 0 Å². The third-order valence-corrected chi connectivity index (χ3v) is 4.00. The largest absolute Gasteiger partial charge is 0.363 e. The van der Waals surface area contributed by atoms with Crippen LogP contribution >= 0.6 is 0 Å². The standard InChI is InChI=1S/C15H26N6O/c1-18(2)13-8-9-16-14(17-13)21-10-6-7-12(11-21)20(5)15(22)19(3)4/h8-9,12H,6-7,10-11H2,1-5H3. The number of urea groups is 1. The summed E-state index contributed by atoms with van der Waals surface area (Å²) in [6.07, 6.45) is 3.83. The minimum absolute atomic E-state index is 0.0369. The number of hydrogen-bond acceptors (Lipinski definition) is 5. The molecular weight excluding hydrogens is 280 g/mol. The third kappa shape index (κ3) is 3.58. The lowest BCUT2D eigenvalue weighted by Crippen LogP contribution is -2.51. The lowest BCUT2D eigenvalue weighted by atomic mass is 10.1. The van der Waals surface area contributed by atoms with E-state index in [0.29, 0.717) is 0 Å². The van der Waals surface area contributed by atoms with Gasteiger partial charge in [-0.1, -0.05) is 0 Å². The average Bonchev–Trinajstić information content (AvgIpc) is 2.53. The zero-order valence-electron chi connectivity index (χ0n) is 14.2. The Hall–Kier alpha value is -2.05. The van der Waals surface area contributed by atoms with E-state index in [9.17, 15) is 4.79 Å². The van der Waals surface area contributed by atoms with Gasteiger partial charge in [-0.15, -0.1) is 0 Å². The third-order valence-electron chi connectivity index (χ3n) is 4.00. The highest BCUT2D eigenvalue weighted by Gasteiger charge is 2.28. The number of hydrogen-bond donors (Lipinski definition) is 0. The highest BCUT2D eigenvalue weighted by molar-refractivity contribution is 5.74. The van der Waals surface area contributed by atoms with Crippen LogP contribution < -0.4 is 9.80 Å². The summed E-state index contributed by atoms with van der Waals surface area (Å²) in [5.74, 6) is 1.63. The van der Waals surface area contributed by atoms with Crippen LogP contribution in [0.2, 0.25) is 0 Å². The van der Waals surface area contributed by atoms with Crippen LogP contribution in [0, 0.1) is 0 Å². The van der Waals surface area contributed by atoms with Crippen LogP contribution in [0.15, 0.2) is 12.3 Å². The molecule has 1 aromatic heterocycles. The van der Waals surface area contributed by atoms with Crippen LogP contribution in [-0.4, -0.2) is 80.2 Å². The van der Waals surface area contributed by atoms with Gasteiger partial charge >= 0.3 is 6.03 Å². The number of likely N-dealkylation sites (N-methyl/N-ethyl adjacent to an activating group) is 1. The van der Waals surface area contributed by atoms with E-state index in [2.05, 4.69) is 14.9 Å². The van der Waals surface area contributed by atoms with E-state index < -0.39 is 0 Å². The first-order valence-corrected chi connectivity index (χ1v) is 7.59. The number of amides is 2. The molecule has 1 unspecified atom stereocenters. The first-order chi connectivity index (χ1) is 10.4. The van der Waals surface area contributed by atoms with Gasteiger partial charge in [-0.2, -0.15) is 4.98 Å². The molecule has 7 heteroatoms. The summed E-state index contributed by atoms with van der Waals surface area (Å²) >= 11 is 0. The Morgan fingerprint density at radius 3 is 2.64 bits per heavy atom. The second-order valence-electron chi connectivity index (χ2n) is 6.14. The monoisotopic (exact) mass is 306 g/mol. The number of nitrogens with zero attached hydrogens (tertiary/aromatic N) is 6. The SMILES string of the molecule is CN(C)C(=O)N(C)C1CCCN(c2nccc(N(C)C)n2)C1. The molecule has 0 saturated carbocycles. The minimum atomic E-state index is 0.0369. The number of anilines is 2. The molecule has 2 rings (SSSR count). The van der Waals surface area contributed by atoms with E-state index in [0.717, 1.165) is 37.7 Å². The van der Waals surface area contributed by atoms with E-state index in [-0.39, 0.29) is 12.1 Å². The second kappa shape index (κ2) is 6.81. The number of piperidine rings is 1. The fourth-order valence-electron chi connectivity index (χ4n) is 2.66. The Morgan fingerprint density at radius 2 is 2.00 bits per heavy atom. The topological polar surface area (TPSA) is 55.8 Å². The van der Waals surface area contributed by atoms with Gasteiger partial charge in [0.15, 0.2) is 0 Å². The van der Waals surface area contributed by atoms with Gasteiger partial charge in [-0.25, -0.2) is 9.78 Å². The lowest BCUT2D eigenvalue weighted by molar-refractivity contribution is 0.157. The molecule has 1 aromatic rings. The lowest BCUT2D eigenvalue weighted by Gasteiger charge is -2.38. The molecule has 22 heavy (non-hydrogen) atoms. The van der Waals surface area contributed by atoms with E-state index in [1.54, 1.807) is 25.2 Å². The molecule has 1 saturated heterocycles. The quantitative estimate of drug-likeness (QED) is 0.838. The first-order valence-electron chi connectivity index (χ1n) is 7.59. The van der Waals surface area contributed by atoms with Crippen molar-refractivity contribution in [1.82, 2.24) is 19.8 Å². The normalized spacial score (nSPS) is 18.0. The van der Waals surface area contributed by atoms with Crippen molar-refractivity contribution in [2.45, 2.75) is 18.9 Å². The molecule has 2 amide bonds. The molecule has 0 radical (unpaired) electrons. The van der Waals surface area contributed by atoms with Crippen molar-refractivity contribution in [3.05, 3.63) is 12.3 Å².